The molecule has 0 unspecified atom stereocenters. The summed E-state index contributed by atoms with van der Waals surface area (Å²) in [7, 11) is 0. The number of amides is 4. The molecule has 0 aromatic heterocycles. The Morgan fingerprint density at radius 3 is 2.41 bits per heavy atom. The first-order valence-electron chi connectivity index (χ1n) is 9.00. The van der Waals surface area contributed by atoms with E-state index in [0.717, 1.165) is 28.6 Å². The minimum Gasteiger partial charge on any atom is -0.338 e. The molecule has 1 aromatic carbocycles. The van der Waals surface area contributed by atoms with Gasteiger partial charge in [-0.15, -0.1) is 0 Å². The zero-order chi connectivity index (χ0) is 19.3. The Morgan fingerprint density at radius 1 is 1.04 bits per heavy atom. The van der Waals surface area contributed by atoms with Crippen LogP contribution in [0.25, 0.3) is 0 Å². The van der Waals surface area contributed by atoms with Crippen molar-refractivity contribution in [2.45, 2.75) is 26.3 Å². The van der Waals surface area contributed by atoms with Gasteiger partial charge >= 0.3 is 0 Å². The first kappa shape index (κ1) is 18.0. The van der Waals surface area contributed by atoms with Gasteiger partial charge in [0.15, 0.2) is 0 Å². The number of imide groups is 1. The molecular weight excluding hydrogens is 366 g/mol. The van der Waals surface area contributed by atoms with E-state index in [0.29, 0.717) is 19.6 Å². The Balaban J connectivity index is 1.38. The molecule has 142 valence electrons. The predicted octanol–water partition coefficient (Wildman–Crippen LogP) is 1.56. The molecule has 3 aliphatic rings. The number of anilines is 1. The summed E-state index contributed by atoms with van der Waals surface area (Å²) >= 11 is 1.01. The molecule has 3 heterocycles. The molecule has 7 nitrogen and oxygen atoms in total. The van der Waals surface area contributed by atoms with E-state index >= 15 is 0 Å². The highest BCUT2D eigenvalue weighted by Crippen LogP contribution is 2.31. The summed E-state index contributed by atoms with van der Waals surface area (Å²) in [6.45, 7) is 5.13. The SMILES string of the molecule is Cc1ccc(N2C[C@@H](C(=O)N3CC(N4C(=O)CSC4=O)C3)CC2=O)cc1C. The van der Waals surface area contributed by atoms with Crippen LogP contribution in [0.5, 0.6) is 0 Å². The molecule has 0 bridgehead atoms. The third kappa shape index (κ3) is 3.12. The summed E-state index contributed by atoms with van der Waals surface area (Å²) in [4.78, 5) is 53.3. The zero-order valence-corrected chi connectivity index (χ0v) is 16.1. The van der Waals surface area contributed by atoms with Gasteiger partial charge in [0.05, 0.1) is 17.7 Å². The van der Waals surface area contributed by atoms with Crippen LogP contribution in [0.4, 0.5) is 10.5 Å². The smallest absolute Gasteiger partial charge is 0.289 e. The average molecular weight is 387 g/mol. The van der Waals surface area contributed by atoms with Crippen LogP contribution < -0.4 is 4.90 Å². The van der Waals surface area contributed by atoms with E-state index in [1.807, 2.05) is 32.0 Å². The van der Waals surface area contributed by atoms with E-state index < -0.39 is 0 Å². The van der Waals surface area contributed by atoms with Crippen LogP contribution in [0.1, 0.15) is 17.5 Å². The van der Waals surface area contributed by atoms with Crippen molar-refractivity contribution in [3.05, 3.63) is 29.3 Å². The molecule has 3 saturated heterocycles. The lowest BCUT2D eigenvalue weighted by Gasteiger charge is -2.43. The lowest BCUT2D eigenvalue weighted by Crippen LogP contribution is -2.63. The third-order valence-corrected chi connectivity index (χ3v) is 6.43. The number of thioether (sulfide) groups is 1. The molecule has 27 heavy (non-hydrogen) atoms. The number of hydrogen-bond donors (Lipinski definition) is 0. The molecule has 0 radical (unpaired) electrons. The topological polar surface area (TPSA) is 78.0 Å². The van der Waals surface area contributed by atoms with Crippen molar-refractivity contribution in [2.75, 3.05) is 30.3 Å². The van der Waals surface area contributed by atoms with Gasteiger partial charge in [0.25, 0.3) is 5.24 Å². The number of carbonyl (C=O) groups is 4. The first-order valence-corrected chi connectivity index (χ1v) is 9.99. The highest BCUT2D eigenvalue weighted by atomic mass is 32.2. The summed E-state index contributed by atoms with van der Waals surface area (Å²) in [6.07, 6.45) is 0.199. The highest BCUT2D eigenvalue weighted by Gasteiger charge is 2.46. The zero-order valence-electron chi connectivity index (χ0n) is 15.3. The van der Waals surface area contributed by atoms with Crippen LogP contribution in [0, 0.1) is 19.8 Å². The van der Waals surface area contributed by atoms with Gasteiger partial charge < -0.3 is 9.80 Å². The fraction of sp³-hybridized carbons (Fsp3) is 0.474. The van der Waals surface area contributed by atoms with E-state index in [1.165, 1.54) is 4.90 Å². The number of likely N-dealkylation sites (tertiary alicyclic amines) is 1. The van der Waals surface area contributed by atoms with Crippen molar-refractivity contribution in [1.82, 2.24) is 9.80 Å². The van der Waals surface area contributed by atoms with Gasteiger partial charge in [-0.05, 0) is 37.1 Å². The molecule has 0 spiro atoms. The van der Waals surface area contributed by atoms with Crippen LogP contribution in [0.15, 0.2) is 18.2 Å². The van der Waals surface area contributed by atoms with Gasteiger partial charge in [-0.25, -0.2) is 0 Å². The monoisotopic (exact) mass is 387 g/mol. The lowest BCUT2D eigenvalue weighted by molar-refractivity contribution is -0.145. The molecule has 4 rings (SSSR count). The van der Waals surface area contributed by atoms with Gasteiger partial charge in [0.1, 0.15) is 0 Å². The van der Waals surface area contributed by atoms with E-state index in [4.69, 9.17) is 0 Å². The van der Waals surface area contributed by atoms with E-state index in [2.05, 4.69) is 0 Å². The van der Waals surface area contributed by atoms with Crippen LogP contribution in [0.3, 0.4) is 0 Å². The summed E-state index contributed by atoms with van der Waals surface area (Å²) in [5.41, 5.74) is 3.09. The Kier molecular flexibility index (Phi) is 4.46. The second-order valence-corrected chi connectivity index (χ2v) is 8.32. The molecule has 0 N–H and O–H groups in total. The second-order valence-electron chi connectivity index (χ2n) is 7.39. The molecule has 0 saturated carbocycles. The van der Waals surface area contributed by atoms with Crippen molar-refractivity contribution in [3.8, 4) is 0 Å². The normalized spacial score (nSPS) is 23.4. The number of nitrogens with zero attached hydrogens (tertiary/aromatic N) is 3. The molecule has 4 amide bonds. The summed E-state index contributed by atoms with van der Waals surface area (Å²) in [5.74, 6) is -0.489. The Bertz CT molecular complexity index is 833. The number of hydrogen-bond acceptors (Lipinski definition) is 5. The van der Waals surface area contributed by atoms with Crippen molar-refractivity contribution in [1.29, 1.82) is 0 Å². The Hall–Kier alpha value is -2.35. The molecule has 1 aromatic rings. The average Bonchev–Trinajstić information content (AvgIpc) is 3.13. The maximum absolute atomic E-state index is 12.7. The van der Waals surface area contributed by atoms with Crippen LogP contribution in [-0.4, -0.2) is 64.2 Å². The van der Waals surface area contributed by atoms with Crippen molar-refractivity contribution in [3.63, 3.8) is 0 Å². The van der Waals surface area contributed by atoms with Crippen LogP contribution in [-0.2, 0) is 14.4 Å². The van der Waals surface area contributed by atoms with Crippen molar-refractivity contribution >= 4 is 40.4 Å². The lowest BCUT2D eigenvalue weighted by atomic mass is 10.0. The number of aryl methyl sites for hydroxylation is 2. The van der Waals surface area contributed by atoms with Gasteiger partial charge in [-0.2, -0.15) is 0 Å². The van der Waals surface area contributed by atoms with Crippen molar-refractivity contribution in [2.24, 2.45) is 5.92 Å². The molecule has 3 fully saturated rings. The predicted molar refractivity (Wildman–Crippen MR) is 101 cm³/mol. The fourth-order valence-electron chi connectivity index (χ4n) is 3.79. The largest absolute Gasteiger partial charge is 0.338 e. The van der Waals surface area contributed by atoms with Crippen LogP contribution in [0.2, 0.25) is 0 Å². The molecule has 0 aliphatic carbocycles. The second kappa shape index (κ2) is 6.67. The van der Waals surface area contributed by atoms with Gasteiger partial charge in [-0.3, -0.25) is 24.1 Å². The van der Waals surface area contributed by atoms with Crippen LogP contribution >= 0.6 is 11.8 Å². The third-order valence-electron chi connectivity index (χ3n) is 5.60. The van der Waals surface area contributed by atoms with Gasteiger partial charge in [0, 0.05) is 31.7 Å². The number of rotatable bonds is 3. The first-order chi connectivity index (χ1) is 12.8. The summed E-state index contributed by atoms with van der Waals surface area (Å²) < 4.78 is 0. The van der Waals surface area contributed by atoms with Gasteiger partial charge in [-0.1, -0.05) is 17.8 Å². The van der Waals surface area contributed by atoms with E-state index in [9.17, 15) is 19.2 Å². The minimum atomic E-state index is -0.376. The van der Waals surface area contributed by atoms with Gasteiger partial charge in [0.2, 0.25) is 17.7 Å². The molecule has 8 heteroatoms. The number of benzene rings is 1. The maximum Gasteiger partial charge on any atom is 0.289 e. The fourth-order valence-corrected chi connectivity index (χ4v) is 4.57. The summed E-state index contributed by atoms with van der Waals surface area (Å²) in [5, 5.41) is -0.228. The maximum atomic E-state index is 12.7. The standard InChI is InChI=1S/C19H21N3O4S/c1-11-3-4-14(5-12(11)2)21-7-13(6-16(21)23)18(25)20-8-15(9-20)22-17(24)10-27-19(22)26/h3-5,13,15H,6-10H2,1-2H3/t13-/m0/s1. The molecule has 1 atom stereocenters. The molecular formula is C19H21N3O4S. The summed E-state index contributed by atoms with van der Waals surface area (Å²) in [6, 6.07) is 5.64. The minimum absolute atomic E-state index is 0.0463. The molecule has 3 aliphatic heterocycles. The number of carbonyl (C=O) groups excluding carboxylic acids is 4. The Labute approximate surface area is 161 Å². The quantitative estimate of drug-likeness (QED) is 0.787. The van der Waals surface area contributed by atoms with Crippen molar-refractivity contribution < 1.29 is 19.2 Å². The van der Waals surface area contributed by atoms with E-state index in [1.54, 1.807) is 9.80 Å². The Morgan fingerprint density at radius 2 is 1.78 bits per heavy atom. The van der Waals surface area contributed by atoms with E-state index in [-0.39, 0.29) is 47.1 Å². The highest BCUT2D eigenvalue weighted by molar-refractivity contribution is 8.14.